The van der Waals surface area contributed by atoms with Crippen molar-refractivity contribution in [1.82, 2.24) is 0 Å². The first kappa shape index (κ1) is 9.92. The third-order valence-electron chi connectivity index (χ3n) is 1.38. The van der Waals surface area contributed by atoms with Gasteiger partial charge in [-0.05, 0) is 6.42 Å². The Bertz CT molecular complexity index is 79.3. The summed E-state index contributed by atoms with van der Waals surface area (Å²) in [6.07, 6.45) is 4.54. The first-order valence-corrected chi connectivity index (χ1v) is 3.91. The van der Waals surface area contributed by atoms with Crippen molar-refractivity contribution in [3.8, 4) is 0 Å². The summed E-state index contributed by atoms with van der Waals surface area (Å²) in [7, 11) is 0. The molecule has 0 atom stereocenters. The molecule has 0 aromatic carbocycles. The molecule has 0 saturated heterocycles. The van der Waals surface area contributed by atoms with E-state index in [2.05, 4.69) is 0 Å². The molecule has 0 rings (SSSR count). The fourth-order valence-electron chi connectivity index (χ4n) is 0.846. The maximum Gasteiger partial charge on any atom is 0.165 e. The van der Waals surface area contributed by atoms with Gasteiger partial charge in [0.15, 0.2) is 5.79 Å². The molecule has 0 heterocycles. The minimum absolute atomic E-state index is 0.438. The minimum atomic E-state index is -1.52. The monoisotopic (exact) mass is 145 g/mol. The number of rotatable bonds is 5. The molecule has 0 fully saturated rings. The summed E-state index contributed by atoms with van der Waals surface area (Å²) in [6, 6.07) is 0. The van der Waals surface area contributed by atoms with E-state index < -0.39 is 5.79 Å². The molecular weight excluding hydrogens is 128 g/mol. The summed E-state index contributed by atoms with van der Waals surface area (Å²) in [5.41, 5.74) is 0. The molecule has 2 heteroatoms. The van der Waals surface area contributed by atoms with E-state index in [9.17, 15) is 0 Å². The Morgan fingerprint density at radius 1 is 1.20 bits per heavy atom. The Morgan fingerprint density at radius 3 is 2.20 bits per heavy atom. The lowest BCUT2D eigenvalue weighted by Gasteiger charge is -2.19. The van der Waals surface area contributed by atoms with Crippen LogP contribution in [0.5, 0.6) is 0 Å². The van der Waals surface area contributed by atoms with Crippen LogP contribution in [0.15, 0.2) is 0 Å². The van der Waals surface area contributed by atoms with Gasteiger partial charge in [0.1, 0.15) is 0 Å². The summed E-state index contributed by atoms with van der Waals surface area (Å²) >= 11 is 0. The van der Waals surface area contributed by atoms with Crippen LogP contribution in [0.25, 0.3) is 0 Å². The van der Waals surface area contributed by atoms with E-state index in [0.29, 0.717) is 6.42 Å². The molecular formula is C8H17O2. The zero-order valence-corrected chi connectivity index (χ0v) is 6.80. The van der Waals surface area contributed by atoms with Crippen molar-refractivity contribution < 1.29 is 10.2 Å². The summed E-state index contributed by atoms with van der Waals surface area (Å²) in [4.78, 5) is 0. The maximum absolute atomic E-state index is 9.15. The van der Waals surface area contributed by atoms with Crippen LogP contribution in [0.3, 0.4) is 0 Å². The summed E-state index contributed by atoms with van der Waals surface area (Å²) in [5, 5.41) is 18.3. The van der Waals surface area contributed by atoms with Gasteiger partial charge in [0.25, 0.3) is 0 Å². The maximum atomic E-state index is 9.15. The van der Waals surface area contributed by atoms with Gasteiger partial charge in [0.05, 0.1) is 0 Å². The first-order chi connectivity index (χ1) is 4.62. The Labute approximate surface area is 62.9 Å². The number of unbranched alkanes of at least 4 members (excludes halogenated alkanes) is 1. The molecule has 0 aliphatic heterocycles. The van der Waals surface area contributed by atoms with Crippen LogP contribution in [0, 0.1) is 6.42 Å². The lowest BCUT2D eigenvalue weighted by atomic mass is 10.0. The third-order valence-corrected chi connectivity index (χ3v) is 1.38. The van der Waals surface area contributed by atoms with Crippen molar-refractivity contribution in [3.63, 3.8) is 0 Å². The average molecular weight is 145 g/mol. The highest BCUT2D eigenvalue weighted by Gasteiger charge is 2.20. The van der Waals surface area contributed by atoms with Crippen LogP contribution in [-0.4, -0.2) is 16.0 Å². The predicted octanol–water partition coefficient (Wildman–Crippen LogP) is 1.47. The van der Waals surface area contributed by atoms with Gasteiger partial charge in [0.2, 0.25) is 0 Å². The minimum Gasteiger partial charge on any atom is -0.365 e. The van der Waals surface area contributed by atoms with Gasteiger partial charge in [-0.15, -0.1) is 0 Å². The summed E-state index contributed by atoms with van der Waals surface area (Å²) in [6.45, 7) is 3.94. The lowest BCUT2D eigenvalue weighted by Crippen LogP contribution is -2.27. The molecule has 0 aromatic heterocycles. The van der Waals surface area contributed by atoms with E-state index >= 15 is 0 Å². The predicted molar refractivity (Wildman–Crippen MR) is 41.3 cm³/mol. The quantitative estimate of drug-likeness (QED) is 0.575. The highest BCUT2D eigenvalue weighted by atomic mass is 16.5. The molecule has 0 aromatic rings. The second-order valence-electron chi connectivity index (χ2n) is 2.62. The Morgan fingerprint density at radius 2 is 1.80 bits per heavy atom. The van der Waals surface area contributed by atoms with E-state index in [-0.39, 0.29) is 0 Å². The average Bonchev–Trinajstić information content (AvgIpc) is 1.84. The SMILES string of the molecule is CCC[CH]C(O)(O)CCC. The zero-order valence-electron chi connectivity index (χ0n) is 6.80. The van der Waals surface area contributed by atoms with Gasteiger partial charge in [-0.3, -0.25) is 0 Å². The van der Waals surface area contributed by atoms with Gasteiger partial charge < -0.3 is 10.2 Å². The van der Waals surface area contributed by atoms with Gasteiger partial charge >= 0.3 is 0 Å². The van der Waals surface area contributed by atoms with Crippen LogP contribution >= 0.6 is 0 Å². The summed E-state index contributed by atoms with van der Waals surface area (Å²) in [5.74, 6) is -1.52. The molecule has 0 unspecified atom stereocenters. The van der Waals surface area contributed by atoms with Crippen molar-refractivity contribution in [2.75, 3.05) is 0 Å². The molecule has 0 saturated carbocycles. The second kappa shape index (κ2) is 4.69. The van der Waals surface area contributed by atoms with E-state index in [4.69, 9.17) is 10.2 Å². The first-order valence-electron chi connectivity index (χ1n) is 3.91. The van der Waals surface area contributed by atoms with Crippen LogP contribution in [0.1, 0.15) is 39.5 Å². The van der Waals surface area contributed by atoms with E-state index in [1.54, 1.807) is 6.42 Å². The Hall–Kier alpha value is -0.0800. The molecule has 1 radical (unpaired) electrons. The topological polar surface area (TPSA) is 40.5 Å². The Kier molecular flexibility index (Phi) is 4.65. The number of hydrogen-bond acceptors (Lipinski definition) is 2. The second-order valence-corrected chi connectivity index (χ2v) is 2.62. The fourth-order valence-corrected chi connectivity index (χ4v) is 0.846. The molecule has 2 N–H and O–H groups in total. The third kappa shape index (κ3) is 4.77. The molecule has 10 heavy (non-hydrogen) atoms. The Balaban J connectivity index is 3.42. The molecule has 0 aliphatic carbocycles. The van der Waals surface area contributed by atoms with Crippen LogP contribution < -0.4 is 0 Å². The number of hydrogen-bond donors (Lipinski definition) is 2. The molecule has 2 nitrogen and oxygen atoms in total. The highest BCUT2D eigenvalue weighted by Crippen LogP contribution is 2.14. The van der Waals surface area contributed by atoms with E-state index in [0.717, 1.165) is 19.3 Å². The van der Waals surface area contributed by atoms with Crippen molar-refractivity contribution in [1.29, 1.82) is 0 Å². The molecule has 0 spiro atoms. The largest absolute Gasteiger partial charge is 0.365 e. The van der Waals surface area contributed by atoms with Crippen LogP contribution in [-0.2, 0) is 0 Å². The highest BCUT2D eigenvalue weighted by molar-refractivity contribution is 4.81. The lowest BCUT2D eigenvalue weighted by molar-refractivity contribution is -0.138. The van der Waals surface area contributed by atoms with Gasteiger partial charge in [0, 0.05) is 12.8 Å². The smallest absolute Gasteiger partial charge is 0.165 e. The molecule has 0 aliphatic rings. The molecule has 0 amide bonds. The standard InChI is InChI=1S/C8H17O2/c1-3-5-7-8(9,10)6-4-2/h7,9-10H,3-6H2,1-2H3. The van der Waals surface area contributed by atoms with Crippen molar-refractivity contribution >= 4 is 0 Å². The number of aliphatic hydroxyl groups is 2. The normalized spacial score (nSPS) is 12.0. The van der Waals surface area contributed by atoms with Crippen LogP contribution in [0.2, 0.25) is 0 Å². The van der Waals surface area contributed by atoms with Gasteiger partial charge in [-0.25, -0.2) is 0 Å². The van der Waals surface area contributed by atoms with E-state index in [1.807, 2.05) is 13.8 Å². The van der Waals surface area contributed by atoms with Gasteiger partial charge in [-0.1, -0.05) is 26.7 Å². The van der Waals surface area contributed by atoms with Crippen LogP contribution in [0.4, 0.5) is 0 Å². The fraction of sp³-hybridized carbons (Fsp3) is 0.875. The molecule has 61 valence electrons. The van der Waals surface area contributed by atoms with E-state index in [1.165, 1.54) is 0 Å². The van der Waals surface area contributed by atoms with Crippen molar-refractivity contribution in [2.24, 2.45) is 0 Å². The van der Waals surface area contributed by atoms with Gasteiger partial charge in [-0.2, -0.15) is 0 Å². The zero-order chi connectivity index (χ0) is 8.04. The van der Waals surface area contributed by atoms with Crippen molar-refractivity contribution in [3.05, 3.63) is 6.42 Å². The summed E-state index contributed by atoms with van der Waals surface area (Å²) < 4.78 is 0. The van der Waals surface area contributed by atoms with Crippen molar-refractivity contribution in [2.45, 2.75) is 45.3 Å². The molecule has 0 bridgehead atoms.